The third-order valence-electron chi connectivity index (χ3n) is 6.87. The first kappa shape index (κ1) is 31.5. The maximum absolute atomic E-state index is 14.1. The van der Waals surface area contributed by atoms with Crippen LogP contribution < -0.4 is 19.1 Å². The smallest absolute Gasteiger partial charge is 0.264 e. The van der Waals surface area contributed by atoms with Crippen LogP contribution in [-0.4, -0.2) is 58.0 Å². The second-order valence-electron chi connectivity index (χ2n) is 9.87. The fraction of sp³-hybridized carbons (Fsp3) is 0.355. The minimum Gasteiger partial charge on any atom is -0.493 e. The van der Waals surface area contributed by atoms with E-state index >= 15 is 0 Å². The van der Waals surface area contributed by atoms with Crippen molar-refractivity contribution in [3.8, 4) is 11.5 Å². The third-order valence-corrected chi connectivity index (χ3v) is 8.66. The molecule has 2 unspecified atom stereocenters. The lowest BCUT2D eigenvalue weighted by molar-refractivity contribution is -0.139. The number of hydrogen-bond acceptors (Lipinski definition) is 6. The number of ether oxygens (including phenoxy) is 2. The van der Waals surface area contributed by atoms with Gasteiger partial charge in [-0.15, -0.1) is 0 Å². The highest BCUT2D eigenvalue weighted by atomic mass is 32.2. The summed E-state index contributed by atoms with van der Waals surface area (Å²) in [5.41, 5.74) is 2.04. The largest absolute Gasteiger partial charge is 0.493 e. The highest BCUT2D eigenvalue weighted by molar-refractivity contribution is 7.92. The van der Waals surface area contributed by atoms with Gasteiger partial charge in [-0.25, -0.2) is 8.42 Å². The number of aryl methyl sites for hydroxylation is 1. The Hall–Kier alpha value is -4.05. The van der Waals surface area contributed by atoms with Gasteiger partial charge in [-0.2, -0.15) is 0 Å². The number of carbonyl (C=O) groups is 2. The molecule has 3 aromatic rings. The quantitative estimate of drug-likeness (QED) is 0.318. The van der Waals surface area contributed by atoms with Crippen LogP contribution in [0.15, 0.2) is 77.7 Å². The van der Waals surface area contributed by atoms with E-state index in [2.05, 4.69) is 5.32 Å². The summed E-state index contributed by atoms with van der Waals surface area (Å²) in [4.78, 5) is 28.7. The van der Waals surface area contributed by atoms with E-state index in [0.717, 1.165) is 21.9 Å². The topological polar surface area (TPSA) is 105 Å². The standard InChI is InChI=1S/C31H39N3O6S/c1-7-23(3)32-31(36)24(4)33(20-25-13-11-12-22(2)18-25)30(35)21-34(41(37,38)27-14-9-8-10-15-27)26-16-17-28(39-5)29(19-26)40-6/h8-19,23-24H,7,20-21H2,1-6H3,(H,32,36). The molecular weight excluding hydrogens is 542 g/mol. The van der Waals surface area contributed by atoms with E-state index in [9.17, 15) is 18.0 Å². The Morgan fingerprint density at radius 1 is 0.902 bits per heavy atom. The van der Waals surface area contributed by atoms with Gasteiger partial charge in [-0.3, -0.25) is 13.9 Å². The zero-order chi connectivity index (χ0) is 30.2. The van der Waals surface area contributed by atoms with Crippen LogP contribution in [0.5, 0.6) is 11.5 Å². The molecule has 220 valence electrons. The van der Waals surface area contributed by atoms with Crippen molar-refractivity contribution in [2.75, 3.05) is 25.1 Å². The molecule has 0 aliphatic carbocycles. The van der Waals surface area contributed by atoms with E-state index < -0.39 is 28.5 Å². The summed E-state index contributed by atoms with van der Waals surface area (Å²) in [6.07, 6.45) is 0.729. The molecule has 2 atom stereocenters. The van der Waals surface area contributed by atoms with Crippen LogP contribution in [0.2, 0.25) is 0 Å². The highest BCUT2D eigenvalue weighted by Crippen LogP contribution is 2.34. The van der Waals surface area contributed by atoms with E-state index in [-0.39, 0.29) is 29.1 Å². The number of benzene rings is 3. The van der Waals surface area contributed by atoms with Gasteiger partial charge in [-0.05, 0) is 57.0 Å². The van der Waals surface area contributed by atoms with E-state index in [0.29, 0.717) is 11.5 Å². The van der Waals surface area contributed by atoms with Gasteiger partial charge in [0.25, 0.3) is 10.0 Å². The first-order valence-corrected chi connectivity index (χ1v) is 14.9. The van der Waals surface area contributed by atoms with Crippen molar-refractivity contribution in [2.45, 2.75) is 57.6 Å². The number of nitrogens with zero attached hydrogens (tertiary/aromatic N) is 2. The van der Waals surface area contributed by atoms with Crippen molar-refractivity contribution >= 4 is 27.5 Å². The summed E-state index contributed by atoms with van der Waals surface area (Å²) in [7, 11) is -1.26. The molecule has 41 heavy (non-hydrogen) atoms. The van der Waals surface area contributed by atoms with Crippen LogP contribution in [0, 0.1) is 6.92 Å². The minimum atomic E-state index is -4.19. The molecule has 0 aliphatic heterocycles. The second-order valence-corrected chi connectivity index (χ2v) is 11.7. The van der Waals surface area contributed by atoms with Crippen molar-refractivity contribution in [1.82, 2.24) is 10.2 Å². The maximum Gasteiger partial charge on any atom is 0.264 e. The van der Waals surface area contributed by atoms with Gasteiger partial charge in [0.05, 0.1) is 24.8 Å². The van der Waals surface area contributed by atoms with Gasteiger partial charge in [0, 0.05) is 18.7 Å². The van der Waals surface area contributed by atoms with Crippen LogP contribution in [0.3, 0.4) is 0 Å². The number of hydrogen-bond donors (Lipinski definition) is 1. The number of methoxy groups -OCH3 is 2. The van der Waals surface area contributed by atoms with Gasteiger partial charge >= 0.3 is 0 Å². The number of anilines is 1. The molecule has 0 spiro atoms. The molecule has 0 heterocycles. The van der Waals surface area contributed by atoms with Gasteiger partial charge in [0.2, 0.25) is 11.8 Å². The lowest BCUT2D eigenvalue weighted by Crippen LogP contribution is -2.52. The molecular formula is C31H39N3O6S. The zero-order valence-electron chi connectivity index (χ0n) is 24.5. The number of amides is 2. The monoisotopic (exact) mass is 581 g/mol. The van der Waals surface area contributed by atoms with Crippen LogP contribution in [0.25, 0.3) is 0 Å². The zero-order valence-corrected chi connectivity index (χ0v) is 25.3. The van der Waals surface area contributed by atoms with E-state index in [1.807, 2.05) is 45.0 Å². The Morgan fingerprint density at radius 2 is 1.59 bits per heavy atom. The molecule has 0 saturated carbocycles. The molecule has 0 aromatic heterocycles. The Balaban J connectivity index is 2.07. The van der Waals surface area contributed by atoms with Gasteiger partial charge in [0.1, 0.15) is 12.6 Å². The molecule has 9 nitrogen and oxygen atoms in total. The van der Waals surface area contributed by atoms with E-state index in [4.69, 9.17) is 9.47 Å². The number of carbonyl (C=O) groups excluding carboxylic acids is 2. The van der Waals surface area contributed by atoms with Crippen LogP contribution in [0.1, 0.15) is 38.3 Å². The van der Waals surface area contributed by atoms with E-state index in [1.54, 1.807) is 37.3 Å². The molecule has 0 fully saturated rings. The van der Waals surface area contributed by atoms with Crippen LogP contribution in [-0.2, 0) is 26.2 Å². The summed E-state index contributed by atoms with van der Waals surface area (Å²) in [6.45, 7) is 7.03. The fourth-order valence-corrected chi connectivity index (χ4v) is 5.71. The molecule has 0 saturated heterocycles. The average molecular weight is 582 g/mol. The lowest BCUT2D eigenvalue weighted by atomic mass is 10.1. The molecule has 3 aromatic carbocycles. The second kappa shape index (κ2) is 14.0. The molecule has 10 heteroatoms. The van der Waals surface area contributed by atoms with Crippen LogP contribution >= 0.6 is 0 Å². The van der Waals surface area contributed by atoms with E-state index in [1.165, 1.54) is 37.3 Å². The molecule has 1 N–H and O–H groups in total. The van der Waals surface area contributed by atoms with Crippen molar-refractivity contribution < 1.29 is 27.5 Å². The molecule has 0 bridgehead atoms. The van der Waals surface area contributed by atoms with Gasteiger partial charge in [-0.1, -0.05) is 55.0 Å². The lowest BCUT2D eigenvalue weighted by Gasteiger charge is -2.32. The normalized spacial score (nSPS) is 12.6. The Morgan fingerprint density at radius 3 is 2.20 bits per heavy atom. The van der Waals surface area contributed by atoms with Gasteiger partial charge in [0.15, 0.2) is 11.5 Å². The molecule has 2 amide bonds. The number of nitrogens with one attached hydrogen (secondary N) is 1. The Kier molecular flexibility index (Phi) is 10.8. The molecule has 0 aliphatic rings. The maximum atomic E-state index is 14.1. The predicted octanol–water partition coefficient (Wildman–Crippen LogP) is 4.54. The summed E-state index contributed by atoms with van der Waals surface area (Å²) in [5, 5.41) is 2.94. The minimum absolute atomic E-state index is 0.0235. The first-order valence-electron chi connectivity index (χ1n) is 13.5. The molecule has 3 rings (SSSR count). The summed E-state index contributed by atoms with van der Waals surface area (Å²) >= 11 is 0. The fourth-order valence-electron chi connectivity index (χ4n) is 4.28. The Labute approximate surface area is 243 Å². The van der Waals surface area contributed by atoms with Gasteiger partial charge < -0.3 is 19.7 Å². The summed E-state index contributed by atoms with van der Waals surface area (Å²) < 4.78 is 39.6. The molecule has 0 radical (unpaired) electrons. The third kappa shape index (κ3) is 7.79. The van der Waals surface area contributed by atoms with Crippen molar-refractivity contribution in [2.24, 2.45) is 0 Å². The Bertz CT molecular complexity index is 1450. The summed E-state index contributed by atoms with van der Waals surface area (Å²) in [6, 6.07) is 19.2. The SMILES string of the molecule is CCC(C)NC(=O)C(C)N(Cc1cccc(C)c1)C(=O)CN(c1ccc(OC)c(OC)c1)S(=O)(=O)c1ccccc1. The predicted molar refractivity (Wildman–Crippen MR) is 160 cm³/mol. The summed E-state index contributed by atoms with van der Waals surface area (Å²) in [5.74, 6) is -0.129. The highest BCUT2D eigenvalue weighted by Gasteiger charge is 2.33. The van der Waals surface area contributed by atoms with Crippen LogP contribution in [0.4, 0.5) is 5.69 Å². The first-order chi connectivity index (χ1) is 19.5. The number of rotatable bonds is 13. The van der Waals surface area contributed by atoms with Crippen molar-refractivity contribution in [1.29, 1.82) is 0 Å². The van der Waals surface area contributed by atoms with Crippen molar-refractivity contribution in [3.05, 3.63) is 83.9 Å². The van der Waals surface area contributed by atoms with Crippen molar-refractivity contribution in [3.63, 3.8) is 0 Å². The number of sulfonamides is 1. The average Bonchev–Trinajstić information content (AvgIpc) is 2.98.